The number of likely N-dealkylation sites (tertiary alicyclic amines) is 1. The average molecular weight is 372 g/mol. The van der Waals surface area contributed by atoms with Crippen LogP contribution in [0.15, 0.2) is 36.8 Å². The predicted molar refractivity (Wildman–Crippen MR) is 95.8 cm³/mol. The number of hydrogen-bond donors (Lipinski definition) is 3. The molecule has 8 nitrogen and oxygen atoms in total. The zero-order chi connectivity index (χ0) is 19.4. The van der Waals surface area contributed by atoms with Crippen LogP contribution >= 0.6 is 0 Å². The van der Waals surface area contributed by atoms with Crippen molar-refractivity contribution in [2.75, 3.05) is 6.54 Å². The van der Waals surface area contributed by atoms with Crippen molar-refractivity contribution in [3.63, 3.8) is 0 Å². The van der Waals surface area contributed by atoms with Crippen molar-refractivity contribution in [1.82, 2.24) is 20.2 Å². The number of halogens is 1. The number of hydrogen-bond acceptors (Lipinski definition) is 5. The molecule has 2 atom stereocenters. The van der Waals surface area contributed by atoms with Crippen LogP contribution in [0.4, 0.5) is 9.18 Å². The van der Waals surface area contributed by atoms with Gasteiger partial charge < -0.3 is 21.7 Å². The highest BCUT2D eigenvalue weighted by Gasteiger charge is 2.33. The molecule has 1 fully saturated rings. The molecule has 2 heterocycles. The Kier molecular flexibility index (Phi) is 5.60. The second-order valence-electron chi connectivity index (χ2n) is 6.38. The van der Waals surface area contributed by atoms with E-state index in [1.165, 1.54) is 35.6 Å². The van der Waals surface area contributed by atoms with Crippen LogP contribution in [0.5, 0.6) is 0 Å². The third-order valence-electron chi connectivity index (χ3n) is 4.70. The summed E-state index contributed by atoms with van der Waals surface area (Å²) in [6, 6.07) is 3.14. The molecule has 142 valence electrons. The van der Waals surface area contributed by atoms with E-state index in [4.69, 9.17) is 11.5 Å². The molecular formula is C18H21FN6O2. The smallest absolute Gasteiger partial charge is 0.315 e. The Morgan fingerprint density at radius 3 is 2.81 bits per heavy atom. The van der Waals surface area contributed by atoms with Gasteiger partial charge in [0.1, 0.15) is 11.5 Å². The van der Waals surface area contributed by atoms with Gasteiger partial charge in [0.25, 0.3) is 5.91 Å². The number of nitrogens with zero attached hydrogens (tertiary/aromatic N) is 3. The van der Waals surface area contributed by atoms with Gasteiger partial charge in [0.05, 0.1) is 12.2 Å². The predicted octanol–water partition coefficient (Wildman–Crippen LogP) is 1.09. The molecule has 1 aliphatic heterocycles. The van der Waals surface area contributed by atoms with E-state index in [-0.39, 0.29) is 24.2 Å². The Labute approximate surface area is 155 Å². The van der Waals surface area contributed by atoms with Gasteiger partial charge in [0.2, 0.25) is 0 Å². The van der Waals surface area contributed by atoms with Gasteiger partial charge in [0.15, 0.2) is 0 Å². The van der Waals surface area contributed by atoms with E-state index in [1.807, 2.05) is 0 Å². The highest BCUT2D eigenvalue weighted by molar-refractivity contribution is 5.92. The van der Waals surface area contributed by atoms with Crippen molar-refractivity contribution < 1.29 is 14.0 Å². The SMILES string of the molecule is NCc1cc(F)ccc1C1CC(NC(=O)c2cnccn2)CCN1C(N)=O. The number of urea groups is 1. The van der Waals surface area contributed by atoms with E-state index >= 15 is 0 Å². The molecule has 5 N–H and O–H groups in total. The molecule has 1 aromatic heterocycles. The lowest BCUT2D eigenvalue weighted by Gasteiger charge is -2.39. The fourth-order valence-electron chi connectivity index (χ4n) is 3.41. The molecule has 0 bridgehead atoms. The van der Waals surface area contributed by atoms with Gasteiger partial charge in [-0.15, -0.1) is 0 Å². The maximum atomic E-state index is 13.6. The average Bonchev–Trinajstić information content (AvgIpc) is 2.68. The van der Waals surface area contributed by atoms with E-state index in [1.54, 1.807) is 6.07 Å². The van der Waals surface area contributed by atoms with Gasteiger partial charge in [-0.05, 0) is 36.1 Å². The third-order valence-corrected chi connectivity index (χ3v) is 4.70. The molecule has 27 heavy (non-hydrogen) atoms. The first-order chi connectivity index (χ1) is 13.0. The normalized spacial score (nSPS) is 19.6. The molecule has 0 spiro atoms. The molecular weight excluding hydrogens is 351 g/mol. The van der Waals surface area contributed by atoms with Crippen LogP contribution in [0.1, 0.15) is 40.5 Å². The number of amides is 3. The monoisotopic (exact) mass is 372 g/mol. The Morgan fingerprint density at radius 2 is 2.15 bits per heavy atom. The van der Waals surface area contributed by atoms with Crippen LogP contribution < -0.4 is 16.8 Å². The Hall–Kier alpha value is -3.07. The zero-order valence-electron chi connectivity index (χ0n) is 14.6. The van der Waals surface area contributed by atoms with Crippen LogP contribution in [0, 0.1) is 5.82 Å². The number of carbonyl (C=O) groups excluding carboxylic acids is 2. The molecule has 0 saturated carbocycles. The highest BCUT2D eigenvalue weighted by atomic mass is 19.1. The summed E-state index contributed by atoms with van der Waals surface area (Å²) < 4.78 is 13.6. The van der Waals surface area contributed by atoms with Gasteiger partial charge in [-0.1, -0.05) is 6.07 Å². The van der Waals surface area contributed by atoms with E-state index in [2.05, 4.69) is 15.3 Å². The number of benzene rings is 1. The van der Waals surface area contributed by atoms with Crippen molar-refractivity contribution in [3.8, 4) is 0 Å². The maximum absolute atomic E-state index is 13.6. The number of carbonyl (C=O) groups is 2. The first kappa shape index (κ1) is 18.7. The number of nitrogens with one attached hydrogen (secondary N) is 1. The summed E-state index contributed by atoms with van der Waals surface area (Å²) in [6.07, 6.45) is 5.30. The quantitative estimate of drug-likeness (QED) is 0.740. The van der Waals surface area contributed by atoms with Crippen molar-refractivity contribution in [1.29, 1.82) is 0 Å². The second kappa shape index (κ2) is 8.09. The van der Waals surface area contributed by atoms with Gasteiger partial charge in [-0.25, -0.2) is 14.2 Å². The minimum Gasteiger partial charge on any atom is -0.351 e. The van der Waals surface area contributed by atoms with Gasteiger partial charge in [-0.3, -0.25) is 9.78 Å². The molecule has 2 aromatic rings. The number of piperidine rings is 1. The molecule has 3 rings (SSSR count). The Morgan fingerprint density at radius 1 is 1.33 bits per heavy atom. The van der Waals surface area contributed by atoms with Crippen LogP contribution in [0.25, 0.3) is 0 Å². The first-order valence-corrected chi connectivity index (χ1v) is 8.61. The topological polar surface area (TPSA) is 127 Å². The minimum atomic E-state index is -0.564. The molecule has 3 amide bonds. The highest BCUT2D eigenvalue weighted by Crippen LogP contribution is 2.33. The van der Waals surface area contributed by atoms with Crippen molar-refractivity contribution in [3.05, 3.63) is 59.4 Å². The Balaban J connectivity index is 1.82. The zero-order valence-corrected chi connectivity index (χ0v) is 14.6. The van der Waals surface area contributed by atoms with Gasteiger partial charge in [-0.2, -0.15) is 0 Å². The largest absolute Gasteiger partial charge is 0.351 e. The van der Waals surface area contributed by atoms with Gasteiger partial charge in [0, 0.05) is 31.5 Å². The number of primary amides is 1. The van der Waals surface area contributed by atoms with Crippen molar-refractivity contribution in [2.45, 2.75) is 31.5 Å². The molecule has 9 heteroatoms. The fourth-order valence-corrected chi connectivity index (χ4v) is 3.41. The van der Waals surface area contributed by atoms with Crippen LogP contribution in [0.3, 0.4) is 0 Å². The molecule has 1 aliphatic rings. The van der Waals surface area contributed by atoms with Gasteiger partial charge >= 0.3 is 6.03 Å². The molecule has 1 aromatic carbocycles. The summed E-state index contributed by atoms with van der Waals surface area (Å²) in [5.41, 5.74) is 12.8. The van der Waals surface area contributed by atoms with Crippen molar-refractivity contribution >= 4 is 11.9 Å². The summed E-state index contributed by atoms with van der Waals surface area (Å²) in [6.45, 7) is 0.500. The lowest BCUT2D eigenvalue weighted by Crippen LogP contribution is -2.50. The van der Waals surface area contributed by atoms with E-state index < -0.39 is 17.9 Å². The lowest BCUT2D eigenvalue weighted by molar-refractivity contribution is 0.0888. The maximum Gasteiger partial charge on any atom is 0.315 e. The standard InChI is InChI=1S/C18H21FN6O2/c19-12-1-2-14(11(7-12)9-20)16-8-13(3-6-25(16)18(21)27)24-17(26)15-10-22-4-5-23-15/h1-2,4-5,7,10,13,16H,3,6,8-9,20H2,(H2,21,27)(H,24,26). The van der Waals surface area contributed by atoms with E-state index in [0.717, 1.165) is 5.56 Å². The molecule has 2 unspecified atom stereocenters. The number of nitrogens with two attached hydrogens (primary N) is 2. The van der Waals surface area contributed by atoms with Crippen LogP contribution in [-0.4, -0.2) is 39.4 Å². The Bertz CT molecular complexity index is 832. The second-order valence-corrected chi connectivity index (χ2v) is 6.38. The van der Waals surface area contributed by atoms with Crippen LogP contribution in [-0.2, 0) is 6.54 Å². The van der Waals surface area contributed by atoms with E-state index in [9.17, 15) is 14.0 Å². The van der Waals surface area contributed by atoms with E-state index in [0.29, 0.717) is 24.9 Å². The number of rotatable bonds is 4. The number of aromatic nitrogens is 2. The molecule has 1 saturated heterocycles. The summed E-state index contributed by atoms with van der Waals surface area (Å²) in [7, 11) is 0. The molecule has 0 radical (unpaired) electrons. The van der Waals surface area contributed by atoms with Crippen molar-refractivity contribution in [2.24, 2.45) is 11.5 Å². The summed E-state index contributed by atoms with van der Waals surface area (Å²) in [4.78, 5) is 33.6. The lowest BCUT2D eigenvalue weighted by atomic mass is 9.89. The summed E-state index contributed by atoms with van der Waals surface area (Å²) in [5, 5.41) is 2.92. The minimum absolute atomic E-state index is 0.132. The molecule has 0 aliphatic carbocycles. The summed E-state index contributed by atoms with van der Waals surface area (Å²) >= 11 is 0. The van der Waals surface area contributed by atoms with Crippen LogP contribution in [0.2, 0.25) is 0 Å². The fraction of sp³-hybridized carbons (Fsp3) is 0.333. The summed E-state index contributed by atoms with van der Waals surface area (Å²) in [5.74, 6) is -0.731. The third kappa shape index (κ3) is 4.20. The first-order valence-electron chi connectivity index (χ1n) is 8.61.